The highest BCUT2D eigenvalue weighted by Crippen LogP contribution is 2.35. The molecule has 1 aliphatic heterocycles. The summed E-state index contributed by atoms with van der Waals surface area (Å²) < 4.78 is 26.5. The maximum atomic E-state index is 11.9. The zero-order valence-corrected chi connectivity index (χ0v) is 12.4. The second-order valence-corrected chi connectivity index (χ2v) is 6.75. The molecule has 2 rings (SSSR count). The normalized spacial score (nSPS) is 14.7. The molecule has 7 heteroatoms. The number of carbonyl (C=O) groups excluding carboxylic acids is 1. The highest BCUT2D eigenvalue weighted by Gasteiger charge is 2.26. The van der Waals surface area contributed by atoms with Crippen LogP contribution in [0.5, 0.6) is 0 Å². The number of sulfonamides is 1. The zero-order valence-electron chi connectivity index (χ0n) is 10.0. The number of nitrogens with one attached hydrogen (secondary N) is 1. The van der Waals surface area contributed by atoms with E-state index in [0.29, 0.717) is 16.7 Å². The number of hydrogen-bond donors (Lipinski definition) is 1. The minimum atomic E-state index is -3.53. The number of nitrogens with zero attached hydrogens (tertiary/aromatic N) is 1. The van der Waals surface area contributed by atoms with Gasteiger partial charge in [0.2, 0.25) is 15.9 Å². The summed E-state index contributed by atoms with van der Waals surface area (Å²) in [7, 11) is -2.18. The molecule has 98 valence electrons. The SMILES string of the molecule is CNS(=O)(=O)c1cc2c(cc1Br)CCN2C(C)=O. The fraction of sp³-hybridized carbons (Fsp3) is 0.364. The van der Waals surface area contributed by atoms with Gasteiger partial charge >= 0.3 is 0 Å². The Morgan fingerprint density at radius 1 is 1.44 bits per heavy atom. The fourth-order valence-electron chi connectivity index (χ4n) is 2.03. The Morgan fingerprint density at radius 3 is 2.67 bits per heavy atom. The van der Waals surface area contributed by atoms with E-state index in [1.165, 1.54) is 14.0 Å². The van der Waals surface area contributed by atoms with Gasteiger partial charge in [0.05, 0.1) is 4.90 Å². The molecule has 0 unspecified atom stereocenters. The largest absolute Gasteiger partial charge is 0.312 e. The molecule has 1 aromatic rings. The first-order chi connectivity index (χ1) is 8.36. The van der Waals surface area contributed by atoms with Crippen LogP contribution in [0.25, 0.3) is 0 Å². The van der Waals surface area contributed by atoms with E-state index in [1.807, 2.05) is 0 Å². The molecule has 1 amide bonds. The second-order valence-electron chi connectivity index (χ2n) is 4.04. The Labute approximate surface area is 114 Å². The molecule has 0 bridgehead atoms. The summed E-state index contributed by atoms with van der Waals surface area (Å²) in [6.07, 6.45) is 0.743. The molecule has 0 saturated heterocycles. The van der Waals surface area contributed by atoms with Gasteiger partial charge in [-0.2, -0.15) is 0 Å². The Balaban J connectivity index is 2.61. The van der Waals surface area contributed by atoms with Crippen molar-refractivity contribution in [3.8, 4) is 0 Å². The summed E-state index contributed by atoms with van der Waals surface area (Å²) in [6, 6.07) is 3.31. The number of rotatable bonds is 2. The first-order valence-corrected chi connectivity index (χ1v) is 7.68. The maximum Gasteiger partial charge on any atom is 0.241 e. The van der Waals surface area contributed by atoms with Crippen molar-refractivity contribution in [1.29, 1.82) is 0 Å². The van der Waals surface area contributed by atoms with Crippen LogP contribution in [0, 0.1) is 0 Å². The van der Waals surface area contributed by atoms with Crippen LogP contribution in [0.2, 0.25) is 0 Å². The van der Waals surface area contributed by atoms with Crippen LogP contribution in [0.3, 0.4) is 0 Å². The molecule has 1 aliphatic rings. The van der Waals surface area contributed by atoms with Crippen molar-refractivity contribution in [1.82, 2.24) is 4.72 Å². The first-order valence-electron chi connectivity index (χ1n) is 5.41. The van der Waals surface area contributed by atoms with E-state index in [0.717, 1.165) is 12.0 Å². The number of hydrogen-bond acceptors (Lipinski definition) is 3. The lowest BCUT2D eigenvalue weighted by Gasteiger charge is -2.16. The van der Waals surface area contributed by atoms with Crippen LogP contribution in [-0.2, 0) is 21.2 Å². The van der Waals surface area contributed by atoms with E-state index in [-0.39, 0.29) is 10.8 Å². The third kappa shape index (κ3) is 2.17. The van der Waals surface area contributed by atoms with Crippen LogP contribution in [-0.4, -0.2) is 27.9 Å². The Hall–Kier alpha value is -0.920. The van der Waals surface area contributed by atoms with Crippen molar-refractivity contribution in [3.05, 3.63) is 22.2 Å². The molecule has 18 heavy (non-hydrogen) atoms. The van der Waals surface area contributed by atoms with E-state index < -0.39 is 10.0 Å². The van der Waals surface area contributed by atoms with Crippen molar-refractivity contribution in [2.75, 3.05) is 18.5 Å². The molecule has 5 nitrogen and oxygen atoms in total. The molecule has 1 aromatic carbocycles. The number of amides is 1. The van der Waals surface area contributed by atoms with Gasteiger partial charge in [-0.25, -0.2) is 13.1 Å². The predicted molar refractivity (Wildman–Crippen MR) is 72.1 cm³/mol. The summed E-state index contributed by atoms with van der Waals surface area (Å²) >= 11 is 3.26. The summed E-state index contributed by atoms with van der Waals surface area (Å²) in [5, 5.41) is 0. The first kappa shape index (κ1) is 13.5. The Bertz CT molecular complexity index is 613. The average Bonchev–Trinajstić information content (AvgIpc) is 2.70. The second kappa shape index (κ2) is 4.64. The molecule has 1 N–H and O–H groups in total. The van der Waals surface area contributed by atoms with Gasteiger partial charge in [-0.1, -0.05) is 0 Å². The van der Waals surface area contributed by atoms with Crippen molar-refractivity contribution in [2.45, 2.75) is 18.2 Å². The van der Waals surface area contributed by atoms with Crippen LogP contribution in [0.15, 0.2) is 21.5 Å². The standard InChI is InChI=1S/C11H13BrN2O3S/c1-7(15)14-4-3-8-5-9(12)11(6-10(8)14)18(16,17)13-2/h5-6,13H,3-4H2,1-2H3. The van der Waals surface area contributed by atoms with E-state index >= 15 is 0 Å². The van der Waals surface area contributed by atoms with Gasteiger partial charge in [-0.3, -0.25) is 4.79 Å². The number of carbonyl (C=O) groups is 1. The lowest BCUT2D eigenvalue weighted by Crippen LogP contribution is -2.26. The topological polar surface area (TPSA) is 66.5 Å². The maximum absolute atomic E-state index is 11.9. The van der Waals surface area contributed by atoms with Gasteiger partial charge in [0.25, 0.3) is 0 Å². The minimum Gasteiger partial charge on any atom is -0.312 e. The Morgan fingerprint density at radius 2 is 2.11 bits per heavy atom. The van der Waals surface area contributed by atoms with Crippen molar-refractivity contribution >= 4 is 37.5 Å². The van der Waals surface area contributed by atoms with E-state index in [2.05, 4.69) is 20.7 Å². The summed E-state index contributed by atoms with van der Waals surface area (Å²) in [5.41, 5.74) is 1.66. The minimum absolute atomic E-state index is 0.0797. The Kier molecular flexibility index (Phi) is 3.48. The molecule has 0 atom stereocenters. The van der Waals surface area contributed by atoms with Gasteiger partial charge in [-0.05, 0) is 47.1 Å². The molecule has 0 radical (unpaired) electrons. The van der Waals surface area contributed by atoms with Crippen LogP contribution >= 0.6 is 15.9 Å². The molecule has 0 spiro atoms. The smallest absolute Gasteiger partial charge is 0.241 e. The van der Waals surface area contributed by atoms with Crippen LogP contribution < -0.4 is 9.62 Å². The molecular weight excluding hydrogens is 320 g/mol. The van der Waals surface area contributed by atoms with Gasteiger partial charge < -0.3 is 4.90 Å². The molecule has 0 saturated carbocycles. The van der Waals surface area contributed by atoms with E-state index in [1.54, 1.807) is 17.0 Å². The van der Waals surface area contributed by atoms with Crippen LogP contribution in [0.1, 0.15) is 12.5 Å². The lowest BCUT2D eigenvalue weighted by atomic mass is 10.2. The molecule has 0 fully saturated rings. The van der Waals surface area contributed by atoms with Crippen molar-refractivity contribution in [2.24, 2.45) is 0 Å². The molecule has 0 aliphatic carbocycles. The predicted octanol–water partition coefficient (Wildman–Crippen LogP) is 1.27. The quantitative estimate of drug-likeness (QED) is 0.886. The van der Waals surface area contributed by atoms with E-state index in [4.69, 9.17) is 0 Å². The average molecular weight is 333 g/mol. The van der Waals surface area contributed by atoms with Gasteiger partial charge in [-0.15, -0.1) is 0 Å². The number of fused-ring (bicyclic) bond motifs is 1. The zero-order chi connectivity index (χ0) is 13.5. The number of benzene rings is 1. The fourth-order valence-corrected chi connectivity index (χ4v) is 3.86. The lowest BCUT2D eigenvalue weighted by molar-refractivity contribution is -0.116. The van der Waals surface area contributed by atoms with Gasteiger partial charge in [0, 0.05) is 23.6 Å². The van der Waals surface area contributed by atoms with Gasteiger partial charge in [0.15, 0.2) is 0 Å². The van der Waals surface area contributed by atoms with Crippen molar-refractivity contribution in [3.63, 3.8) is 0 Å². The third-order valence-electron chi connectivity index (χ3n) is 2.97. The molecule has 0 aromatic heterocycles. The monoisotopic (exact) mass is 332 g/mol. The number of anilines is 1. The van der Waals surface area contributed by atoms with E-state index in [9.17, 15) is 13.2 Å². The molecular formula is C11H13BrN2O3S. The summed E-state index contributed by atoms with van der Waals surface area (Å²) in [6.45, 7) is 2.07. The highest BCUT2D eigenvalue weighted by atomic mass is 79.9. The highest BCUT2D eigenvalue weighted by molar-refractivity contribution is 9.10. The van der Waals surface area contributed by atoms with Gasteiger partial charge in [0.1, 0.15) is 0 Å². The van der Waals surface area contributed by atoms with Crippen molar-refractivity contribution < 1.29 is 13.2 Å². The number of halogens is 1. The summed E-state index contributed by atoms with van der Waals surface area (Å²) in [4.78, 5) is 13.2. The third-order valence-corrected chi connectivity index (χ3v) is 5.34. The van der Waals surface area contributed by atoms with Crippen LogP contribution in [0.4, 0.5) is 5.69 Å². The molecule has 1 heterocycles. The summed E-state index contributed by atoms with van der Waals surface area (Å²) in [5.74, 6) is -0.0797.